The summed E-state index contributed by atoms with van der Waals surface area (Å²) in [5.41, 5.74) is 0. The molecule has 1 rings (SSSR count). The summed E-state index contributed by atoms with van der Waals surface area (Å²) in [4.78, 5) is 34.7. The maximum Gasteiger partial charge on any atom is 0.328 e. The van der Waals surface area contributed by atoms with Crippen LogP contribution in [0.15, 0.2) is 0 Å². The van der Waals surface area contributed by atoms with Gasteiger partial charge in [0, 0.05) is 6.54 Å². The molecular weight excluding hydrogens is 214 g/mol. The molecule has 0 aliphatic carbocycles. The number of ether oxygens (including phenoxy) is 1. The Hall–Kier alpha value is -1.59. The zero-order valence-corrected chi connectivity index (χ0v) is 9.14. The molecule has 1 heterocycles. The number of amides is 1. The quantitative estimate of drug-likeness (QED) is 0.542. The second kappa shape index (κ2) is 5.48. The van der Waals surface area contributed by atoms with E-state index in [0.29, 0.717) is 19.4 Å². The Kier molecular flexibility index (Phi) is 4.28. The SMILES string of the molecule is CCOC(=O)C1CCCN1C(=O)CC(=O)O. The summed E-state index contributed by atoms with van der Waals surface area (Å²) in [6.45, 7) is 2.38. The minimum Gasteiger partial charge on any atom is -0.481 e. The van der Waals surface area contributed by atoms with E-state index in [9.17, 15) is 14.4 Å². The first-order valence-corrected chi connectivity index (χ1v) is 5.24. The van der Waals surface area contributed by atoms with E-state index >= 15 is 0 Å². The molecule has 1 saturated heterocycles. The summed E-state index contributed by atoms with van der Waals surface area (Å²) in [7, 11) is 0. The molecule has 6 heteroatoms. The summed E-state index contributed by atoms with van der Waals surface area (Å²) in [6, 6.07) is -0.605. The highest BCUT2D eigenvalue weighted by atomic mass is 16.5. The highest BCUT2D eigenvalue weighted by molar-refractivity contribution is 5.95. The molecule has 0 saturated carbocycles. The first kappa shape index (κ1) is 12.5. The molecule has 1 aliphatic heterocycles. The normalized spacial score (nSPS) is 19.6. The summed E-state index contributed by atoms with van der Waals surface area (Å²) in [5.74, 6) is -2.15. The number of nitrogens with zero attached hydrogens (tertiary/aromatic N) is 1. The lowest BCUT2D eigenvalue weighted by Gasteiger charge is -2.22. The van der Waals surface area contributed by atoms with Crippen LogP contribution in [0.5, 0.6) is 0 Å². The number of carbonyl (C=O) groups excluding carboxylic acids is 2. The molecule has 16 heavy (non-hydrogen) atoms. The van der Waals surface area contributed by atoms with Crippen molar-refractivity contribution >= 4 is 17.8 Å². The maximum atomic E-state index is 11.5. The number of carboxylic acids is 1. The number of hydrogen-bond donors (Lipinski definition) is 1. The Morgan fingerprint density at radius 3 is 2.69 bits per heavy atom. The molecule has 0 spiro atoms. The highest BCUT2D eigenvalue weighted by Crippen LogP contribution is 2.19. The van der Waals surface area contributed by atoms with E-state index in [4.69, 9.17) is 9.84 Å². The highest BCUT2D eigenvalue weighted by Gasteiger charge is 2.35. The first-order valence-electron chi connectivity index (χ1n) is 5.24. The van der Waals surface area contributed by atoms with Gasteiger partial charge in [-0.1, -0.05) is 0 Å². The number of carbonyl (C=O) groups is 3. The lowest BCUT2D eigenvalue weighted by Crippen LogP contribution is -2.42. The van der Waals surface area contributed by atoms with Crippen molar-refractivity contribution in [2.45, 2.75) is 32.2 Å². The van der Waals surface area contributed by atoms with Gasteiger partial charge in [-0.15, -0.1) is 0 Å². The van der Waals surface area contributed by atoms with E-state index in [1.54, 1.807) is 6.92 Å². The van der Waals surface area contributed by atoms with Crippen LogP contribution in [0.25, 0.3) is 0 Å². The lowest BCUT2D eigenvalue weighted by molar-refractivity contribution is -0.155. The summed E-state index contributed by atoms with van der Waals surface area (Å²) >= 11 is 0. The predicted octanol–water partition coefficient (Wildman–Crippen LogP) is 0.0152. The molecule has 1 atom stereocenters. The van der Waals surface area contributed by atoms with Gasteiger partial charge in [-0.3, -0.25) is 9.59 Å². The Morgan fingerprint density at radius 1 is 1.44 bits per heavy atom. The lowest BCUT2D eigenvalue weighted by atomic mass is 10.2. The molecular formula is C10H15NO5. The number of hydrogen-bond acceptors (Lipinski definition) is 4. The second-order valence-electron chi connectivity index (χ2n) is 3.57. The van der Waals surface area contributed by atoms with Gasteiger partial charge in [0.2, 0.25) is 5.91 Å². The fourth-order valence-corrected chi connectivity index (χ4v) is 1.78. The molecule has 1 unspecified atom stereocenters. The van der Waals surface area contributed by atoms with Gasteiger partial charge in [0.15, 0.2) is 0 Å². The zero-order valence-electron chi connectivity index (χ0n) is 9.14. The fourth-order valence-electron chi connectivity index (χ4n) is 1.78. The van der Waals surface area contributed by atoms with Crippen LogP contribution in [-0.2, 0) is 19.1 Å². The van der Waals surface area contributed by atoms with E-state index in [-0.39, 0.29) is 6.61 Å². The van der Waals surface area contributed by atoms with Crippen molar-refractivity contribution in [3.8, 4) is 0 Å². The molecule has 0 aromatic heterocycles. The van der Waals surface area contributed by atoms with Gasteiger partial charge in [-0.25, -0.2) is 4.79 Å². The summed E-state index contributed by atoms with van der Waals surface area (Å²) in [5, 5.41) is 8.51. The van der Waals surface area contributed by atoms with Crippen LogP contribution in [0.2, 0.25) is 0 Å². The standard InChI is InChI=1S/C10H15NO5/c1-2-16-10(15)7-4-3-5-11(7)8(12)6-9(13)14/h7H,2-6H2,1H3,(H,13,14). The van der Waals surface area contributed by atoms with E-state index in [1.807, 2.05) is 0 Å². The van der Waals surface area contributed by atoms with Crippen molar-refractivity contribution in [1.82, 2.24) is 4.90 Å². The predicted molar refractivity (Wildman–Crippen MR) is 53.6 cm³/mol. The molecule has 6 nitrogen and oxygen atoms in total. The van der Waals surface area contributed by atoms with E-state index in [0.717, 1.165) is 0 Å². The number of carboxylic acid groups (broad SMARTS) is 1. The number of likely N-dealkylation sites (tertiary alicyclic amines) is 1. The van der Waals surface area contributed by atoms with Gasteiger partial charge in [-0.05, 0) is 19.8 Å². The Balaban J connectivity index is 2.61. The third-order valence-electron chi connectivity index (χ3n) is 2.43. The molecule has 0 aromatic carbocycles. The third-order valence-corrected chi connectivity index (χ3v) is 2.43. The minimum atomic E-state index is -1.18. The molecule has 1 fully saturated rings. The minimum absolute atomic E-state index is 0.260. The average molecular weight is 229 g/mol. The molecule has 1 amide bonds. The molecule has 90 valence electrons. The molecule has 0 bridgehead atoms. The monoisotopic (exact) mass is 229 g/mol. The van der Waals surface area contributed by atoms with Crippen molar-refractivity contribution in [2.24, 2.45) is 0 Å². The van der Waals surface area contributed by atoms with Crippen molar-refractivity contribution in [2.75, 3.05) is 13.2 Å². The summed E-state index contributed by atoms with van der Waals surface area (Å²) in [6.07, 6.45) is 0.676. The Morgan fingerprint density at radius 2 is 2.12 bits per heavy atom. The van der Waals surface area contributed by atoms with Crippen LogP contribution in [0.1, 0.15) is 26.2 Å². The number of esters is 1. The maximum absolute atomic E-state index is 11.5. The van der Waals surface area contributed by atoms with Crippen molar-refractivity contribution in [3.05, 3.63) is 0 Å². The van der Waals surface area contributed by atoms with Gasteiger partial charge in [0.05, 0.1) is 6.61 Å². The van der Waals surface area contributed by atoms with Crippen LogP contribution in [0.4, 0.5) is 0 Å². The van der Waals surface area contributed by atoms with Crippen LogP contribution in [-0.4, -0.2) is 47.0 Å². The average Bonchev–Trinajstić information content (AvgIpc) is 2.65. The van der Waals surface area contributed by atoms with E-state index < -0.39 is 30.3 Å². The second-order valence-corrected chi connectivity index (χ2v) is 3.57. The first-order chi connectivity index (χ1) is 7.56. The Labute approximate surface area is 93.2 Å². The topological polar surface area (TPSA) is 83.9 Å². The Bertz CT molecular complexity index is 302. The smallest absolute Gasteiger partial charge is 0.328 e. The molecule has 1 aliphatic rings. The van der Waals surface area contributed by atoms with E-state index in [2.05, 4.69) is 0 Å². The number of aliphatic carboxylic acids is 1. The van der Waals surface area contributed by atoms with Crippen LogP contribution in [0.3, 0.4) is 0 Å². The molecule has 0 radical (unpaired) electrons. The van der Waals surface area contributed by atoms with Gasteiger partial charge in [-0.2, -0.15) is 0 Å². The molecule has 0 aromatic rings. The van der Waals surface area contributed by atoms with Gasteiger partial charge in [0.25, 0.3) is 0 Å². The van der Waals surface area contributed by atoms with Gasteiger partial charge in [0.1, 0.15) is 12.5 Å². The van der Waals surface area contributed by atoms with Crippen molar-refractivity contribution < 1.29 is 24.2 Å². The zero-order chi connectivity index (χ0) is 12.1. The van der Waals surface area contributed by atoms with Gasteiger partial charge >= 0.3 is 11.9 Å². The van der Waals surface area contributed by atoms with Crippen LogP contribution < -0.4 is 0 Å². The number of rotatable bonds is 4. The van der Waals surface area contributed by atoms with E-state index in [1.165, 1.54) is 4.90 Å². The molecule has 1 N–H and O–H groups in total. The van der Waals surface area contributed by atoms with Crippen LogP contribution >= 0.6 is 0 Å². The summed E-state index contributed by atoms with van der Waals surface area (Å²) < 4.78 is 4.83. The van der Waals surface area contributed by atoms with Crippen molar-refractivity contribution in [1.29, 1.82) is 0 Å². The van der Waals surface area contributed by atoms with Crippen LogP contribution in [0, 0.1) is 0 Å². The largest absolute Gasteiger partial charge is 0.481 e. The van der Waals surface area contributed by atoms with Gasteiger partial charge < -0.3 is 14.7 Å². The third kappa shape index (κ3) is 2.95. The van der Waals surface area contributed by atoms with Crippen molar-refractivity contribution in [3.63, 3.8) is 0 Å². The fraction of sp³-hybridized carbons (Fsp3) is 0.700.